The van der Waals surface area contributed by atoms with Crippen LogP contribution in [0.2, 0.25) is 0 Å². The highest BCUT2D eigenvalue weighted by Crippen LogP contribution is 2.39. The number of methoxy groups -OCH3 is 2. The topological polar surface area (TPSA) is 78.2 Å². The third kappa shape index (κ3) is 4.60. The monoisotopic (exact) mass is 513 g/mol. The van der Waals surface area contributed by atoms with Crippen LogP contribution in [0.5, 0.6) is 17.2 Å². The minimum absolute atomic E-state index is 0.106. The summed E-state index contributed by atoms with van der Waals surface area (Å²) in [6.07, 6.45) is 1.46. The van der Waals surface area contributed by atoms with E-state index in [1.807, 2.05) is 61.5 Å². The maximum atomic E-state index is 13.8. The predicted octanol–water partition coefficient (Wildman–Crippen LogP) is 5.70. The van der Waals surface area contributed by atoms with E-state index in [1.54, 1.807) is 25.2 Å². The van der Waals surface area contributed by atoms with Gasteiger partial charge >= 0.3 is 0 Å². The van der Waals surface area contributed by atoms with Crippen LogP contribution in [0.4, 0.5) is 0 Å². The highest BCUT2D eigenvalue weighted by molar-refractivity contribution is 5.99. The van der Waals surface area contributed by atoms with Gasteiger partial charge in [-0.3, -0.25) is 9.59 Å². The Kier molecular flexibility index (Phi) is 7.09. The summed E-state index contributed by atoms with van der Waals surface area (Å²) in [4.78, 5) is 29.2. The lowest BCUT2D eigenvalue weighted by atomic mass is 9.98. The molecule has 196 valence electrons. The fourth-order valence-corrected chi connectivity index (χ4v) is 4.96. The second-order valence-electron chi connectivity index (χ2n) is 9.43. The van der Waals surface area contributed by atoms with Crippen molar-refractivity contribution < 1.29 is 23.4 Å². The van der Waals surface area contributed by atoms with E-state index in [-0.39, 0.29) is 17.1 Å². The molecule has 0 radical (unpaired) electrons. The maximum Gasteiger partial charge on any atom is 0.290 e. The van der Waals surface area contributed by atoms with Gasteiger partial charge in [0.2, 0.25) is 5.76 Å². The van der Waals surface area contributed by atoms with Gasteiger partial charge in [-0.25, -0.2) is 0 Å². The normalized spacial score (nSPS) is 14.6. The molecule has 5 rings (SSSR count). The van der Waals surface area contributed by atoms with E-state index in [4.69, 9.17) is 18.6 Å². The summed E-state index contributed by atoms with van der Waals surface area (Å²) in [5.41, 5.74) is 3.37. The number of rotatable bonds is 9. The second-order valence-corrected chi connectivity index (χ2v) is 9.43. The van der Waals surface area contributed by atoms with Crippen molar-refractivity contribution in [2.24, 2.45) is 0 Å². The van der Waals surface area contributed by atoms with Gasteiger partial charge in [-0.15, -0.1) is 0 Å². The fraction of sp³-hybridized carbons (Fsp3) is 0.290. The molecule has 7 heteroatoms. The quantitative estimate of drug-likeness (QED) is 0.286. The van der Waals surface area contributed by atoms with Crippen LogP contribution in [-0.2, 0) is 6.42 Å². The van der Waals surface area contributed by atoms with Gasteiger partial charge in [0.25, 0.3) is 5.91 Å². The van der Waals surface area contributed by atoms with Gasteiger partial charge in [0.1, 0.15) is 11.3 Å². The van der Waals surface area contributed by atoms with Crippen LogP contribution < -0.4 is 19.6 Å². The Bertz CT molecular complexity index is 1540. The molecule has 1 unspecified atom stereocenters. The molecule has 1 aromatic heterocycles. The molecule has 0 saturated heterocycles. The fourth-order valence-electron chi connectivity index (χ4n) is 4.96. The molecule has 7 nitrogen and oxygen atoms in total. The van der Waals surface area contributed by atoms with Crippen LogP contribution in [0.3, 0.4) is 0 Å². The van der Waals surface area contributed by atoms with Crippen LogP contribution >= 0.6 is 0 Å². The summed E-state index contributed by atoms with van der Waals surface area (Å²) in [5.74, 6) is 1.82. The molecule has 0 fully saturated rings. The summed E-state index contributed by atoms with van der Waals surface area (Å²) < 4.78 is 22.6. The van der Waals surface area contributed by atoms with Gasteiger partial charge in [-0.05, 0) is 67.3 Å². The summed E-state index contributed by atoms with van der Waals surface area (Å²) in [5, 5.41) is 0.478. The Morgan fingerprint density at radius 2 is 1.68 bits per heavy atom. The minimum atomic E-state index is -0.570. The SMILES string of the molecule is CCCOc1ccc(C2c3c(oc4ccc(C)cc4c3=O)C(=O)N2CCc2ccc(OC)c(OC)c2)cc1. The number of fused-ring (bicyclic) bond motifs is 2. The number of hydrogen-bond acceptors (Lipinski definition) is 6. The molecule has 1 aliphatic heterocycles. The van der Waals surface area contributed by atoms with E-state index >= 15 is 0 Å². The van der Waals surface area contributed by atoms with Crippen molar-refractivity contribution in [3.05, 3.63) is 98.9 Å². The number of ether oxygens (including phenoxy) is 3. The lowest BCUT2D eigenvalue weighted by Gasteiger charge is -2.25. The number of benzene rings is 3. The first-order valence-corrected chi connectivity index (χ1v) is 12.8. The van der Waals surface area contributed by atoms with Crippen LogP contribution in [0.1, 0.15) is 52.2 Å². The Balaban J connectivity index is 1.56. The lowest BCUT2D eigenvalue weighted by molar-refractivity contribution is 0.0730. The Labute approximate surface area is 221 Å². The molecular formula is C31H31NO6. The lowest BCUT2D eigenvalue weighted by Crippen LogP contribution is -2.31. The largest absolute Gasteiger partial charge is 0.494 e. The predicted molar refractivity (Wildman–Crippen MR) is 146 cm³/mol. The molecule has 0 aliphatic carbocycles. The average Bonchev–Trinajstić information content (AvgIpc) is 3.22. The highest BCUT2D eigenvalue weighted by atomic mass is 16.5. The van der Waals surface area contributed by atoms with Crippen molar-refractivity contribution in [3.63, 3.8) is 0 Å². The van der Waals surface area contributed by atoms with Gasteiger partial charge in [-0.1, -0.05) is 36.8 Å². The smallest absolute Gasteiger partial charge is 0.290 e. The number of nitrogens with zero attached hydrogens (tertiary/aromatic N) is 1. The number of hydrogen-bond donors (Lipinski definition) is 0. The molecule has 3 aromatic carbocycles. The Morgan fingerprint density at radius 3 is 2.39 bits per heavy atom. The number of carbonyl (C=O) groups is 1. The van der Waals surface area contributed by atoms with Crippen LogP contribution in [0.15, 0.2) is 69.9 Å². The molecule has 2 heterocycles. The first-order valence-electron chi connectivity index (χ1n) is 12.8. The second kappa shape index (κ2) is 10.6. The summed E-state index contributed by atoms with van der Waals surface area (Å²) >= 11 is 0. The molecule has 0 bridgehead atoms. The van der Waals surface area contributed by atoms with Crippen molar-refractivity contribution in [2.75, 3.05) is 27.4 Å². The van der Waals surface area contributed by atoms with Crippen molar-refractivity contribution >= 4 is 16.9 Å². The van der Waals surface area contributed by atoms with Gasteiger partial charge in [0, 0.05) is 6.54 Å². The van der Waals surface area contributed by atoms with Crippen molar-refractivity contribution in [1.82, 2.24) is 4.90 Å². The Hall–Kier alpha value is -4.26. The zero-order valence-corrected chi connectivity index (χ0v) is 22.1. The zero-order chi connectivity index (χ0) is 26.8. The van der Waals surface area contributed by atoms with E-state index < -0.39 is 6.04 Å². The zero-order valence-electron chi connectivity index (χ0n) is 22.1. The van der Waals surface area contributed by atoms with E-state index in [0.717, 1.165) is 28.9 Å². The van der Waals surface area contributed by atoms with Gasteiger partial charge in [0.15, 0.2) is 16.9 Å². The molecule has 1 amide bonds. The Morgan fingerprint density at radius 1 is 0.921 bits per heavy atom. The molecule has 0 saturated carbocycles. The van der Waals surface area contributed by atoms with Crippen LogP contribution in [0.25, 0.3) is 11.0 Å². The number of aryl methyl sites for hydroxylation is 1. The third-order valence-electron chi connectivity index (χ3n) is 6.88. The summed E-state index contributed by atoms with van der Waals surface area (Å²) in [7, 11) is 3.19. The standard InChI is InChI=1S/C31H31NO6/c1-5-16-37-22-10-8-21(9-11-22)28-27-29(33)23-17-19(2)6-12-24(23)38-30(27)31(34)32(28)15-14-20-7-13-25(35-3)26(18-20)36-4/h6-13,17-18,28H,5,14-16H2,1-4H3. The van der Waals surface area contributed by atoms with E-state index in [1.165, 1.54) is 0 Å². The van der Waals surface area contributed by atoms with E-state index in [0.29, 0.717) is 47.6 Å². The summed E-state index contributed by atoms with van der Waals surface area (Å²) in [6, 6.07) is 18.2. The summed E-state index contributed by atoms with van der Waals surface area (Å²) in [6.45, 7) is 4.98. The highest BCUT2D eigenvalue weighted by Gasteiger charge is 2.42. The van der Waals surface area contributed by atoms with Gasteiger partial charge < -0.3 is 23.5 Å². The first kappa shape index (κ1) is 25.4. The number of carbonyl (C=O) groups excluding carboxylic acids is 1. The molecule has 1 atom stereocenters. The first-order chi connectivity index (χ1) is 18.4. The molecule has 0 spiro atoms. The number of amides is 1. The molecular weight excluding hydrogens is 482 g/mol. The van der Waals surface area contributed by atoms with Crippen LogP contribution in [0, 0.1) is 6.92 Å². The molecule has 38 heavy (non-hydrogen) atoms. The third-order valence-corrected chi connectivity index (χ3v) is 6.88. The maximum absolute atomic E-state index is 13.8. The molecule has 0 N–H and O–H groups in total. The van der Waals surface area contributed by atoms with Gasteiger partial charge in [-0.2, -0.15) is 0 Å². The van der Waals surface area contributed by atoms with Crippen molar-refractivity contribution in [1.29, 1.82) is 0 Å². The molecule has 1 aliphatic rings. The van der Waals surface area contributed by atoms with E-state index in [2.05, 4.69) is 6.92 Å². The molecule has 4 aromatic rings. The van der Waals surface area contributed by atoms with Crippen LogP contribution in [-0.4, -0.2) is 38.2 Å². The van der Waals surface area contributed by atoms with E-state index in [9.17, 15) is 9.59 Å². The van der Waals surface area contributed by atoms with Crippen molar-refractivity contribution in [3.8, 4) is 17.2 Å². The minimum Gasteiger partial charge on any atom is -0.494 e. The van der Waals surface area contributed by atoms with Gasteiger partial charge in [0.05, 0.1) is 37.8 Å². The average molecular weight is 514 g/mol. The van der Waals surface area contributed by atoms with Crippen molar-refractivity contribution in [2.45, 2.75) is 32.7 Å².